The maximum absolute atomic E-state index is 5.28. The molecule has 70 valence electrons. The molecule has 0 spiro atoms. The Bertz CT molecular complexity index is 334. The predicted molar refractivity (Wildman–Crippen MR) is 62.9 cm³/mol. The van der Waals surface area contributed by atoms with Crippen LogP contribution in [-0.2, 0) is 0 Å². The van der Waals surface area contributed by atoms with Crippen LogP contribution in [0.1, 0.15) is 18.9 Å². The monoisotopic (exact) mass is 304 g/mol. The van der Waals surface area contributed by atoms with Gasteiger partial charge in [0, 0.05) is 14.5 Å². The smallest absolute Gasteiger partial charge is 0.0681 e. The van der Waals surface area contributed by atoms with Crippen molar-refractivity contribution in [2.45, 2.75) is 13.3 Å². The highest BCUT2D eigenvalue weighted by Crippen LogP contribution is 2.23. The van der Waals surface area contributed by atoms with Crippen LogP contribution in [0.2, 0.25) is 0 Å². The molecule has 2 nitrogen and oxygen atoms in total. The van der Waals surface area contributed by atoms with Crippen molar-refractivity contribution in [1.29, 1.82) is 0 Å². The Balaban J connectivity index is 3.15. The summed E-state index contributed by atoms with van der Waals surface area (Å²) in [7, 11) is 0. The highest BCUT2D eigenvalue weighted by atomic mass is 79.9. The molecule has 2 N–H and O–H groups in total. The van der Waals surface area contributed by atoms with Crippen LogP contribution in [0.5, 0.6) is 0 Å². The van der Waals surface area contributed by atoms with E-state index in [9.17, 15) is 0 Å². The normalized spacial score (nSPS) is 11.8. The summed E-state index contributed by atoms with van der Waals surface area (Å²) in [5.41, 5.74) is 1.95. The zero-order valence-corrected chi connectivity index (χ0v) is 10.4. The van der Waals surface area contributed by atoms with Crippen LogP contribution in [0.25, 0.3) is 0 Å². The van der Waals surface area contributed by atoms with Gasteiger partial charge >= 0.3 is 0 Å². The van der Waals surface area contributed by atoms with E-state index in [0.29, 0.717) is 0 Å². The van der Waals surface area contributed by atoms with Crippen LogP contribution in [-0.4, -0.2) is 5.71 Å². The van der Waals surface area contributed by atoms with Gasteiger partial charge in [-0.25, -0.2) is 0 Å². The number of nitrogens with zero attached hydrogens (tertiary/aromatic N) is 1. The zero-order valence-electron chi connectivity index (χ0n) is 7.22. The van der Waals surface area contributed by atoms with Crippen molar-refractivity contribution < 1.29 is 0 Å². The maximum atomic E-state index is 5.28. The zero-order chi connectivity index (χ0) is 9.84. The van der Waals surface area contributed by atoms with E-state index in [0.717, 1.165) is 26.6 Å². The Morgan fingerprint density at radius 2 is 2.15 bits per heavy atom. The average Bonchev–Trinajstić information content (AvgIpc) is 2.10. The summed E-state index contributed by atoms with van der Waals surface area (Å²) in [6.45, 7) is 2.03. The first-order chi connectivity index (χ1) is 6.19. The van der Waals surface area contributed by atoms with Gasteiger partial charge in [-0.2, -0.15) is 5.10 Å². The van der Waals surface area contributed by atoms with E-state index in [4.69, 9.17) is 5.84 Å². The molecule has 0 saturated carbocycles. The second-order valence-corrected chi connectivity index (χ2v) is 4.32. The van der Waals surface area contributed by atoms with E-state index in [1.807, 2.05) is 25.1 Å². The number of hydrogen-bond acceptors (Lipinski definition) is 2. The van der Waals surface area contributed by atoms with Crippen molar-refractivity contribution in [3.63, 3.8) is 0 Å². The van der Waals surface area contributed by atoms with Gasteiger partial charge in [-0.1, -0.05) is 44.8 Å². The molecular formula is C9H10Br2N2. The third-order valence-corrected chi connectivity index (χ3v) is 2.88. The summed E-state index contributed by atoms with van der Waals surface area (Å²) in [6.07, 6.45) is 0.830. The molecule has 1 rings (SSSR count). The molecule has 0 aliphatic rings. The van der Waals surface area contributed by atoms with Gasteiger partial charge in [0.15, 0.2) is 0 Å². The maximum Gasteiger partial charge on any atom is 0.0681 e. The Hall–Kier alpha value is -0.350. The molecule has 0 bridgehead atoms. The second kappa shape index (κ2) is 4.77. The van der Waals surface area contributed by atoms with E-state index in [1.165, 1.54) is 0 Å². The Kier molecular flexibility index (Phi) is 3.93. The van der Waals surface area contributed by atoms with Gasteiger partial charge in [-0.3, -0.25) is 0 Å². The lowest BCUT2D eigenvalue weighted by Crippen LogP contribution is -2.03. The standard InChI is InChI=1S/C9H10Br2N2/c1-2-9(13-12)7-4-3-6(10)5-8(7)11/h3-5H,2,12H2,1H3. The Morgan fingerprint density at radius 1 is 1.46 bits per heavy atom. The highest BCUT2D eigenvalue weighted by Gasteiger charge is 2.05. The Labute approximate surface area is 94.5 Å². The second-order valence-electron chi connectivity index (χ2n) is 2.55. The lowest BCUT2D eigenvalue weighted by Gasteiger charge is -2.05. The van der Waals surface area contributed by atoms with Crippen molar-refractivity contribution in [3.8, 4) is 0 Å². The topological polar surface area (TPSA) is 38.4 Å². The lowest BCUT2D eigenvalue weighted by molar-refractivity contribution is 1.17. The van der Waals surface area contributed by atoms with Gasteiger partial charge in [-0.15, -0.1) is 0 Å². The number of hydrogen-bond donors (Lipinski definition) is 1. The molecule has 1 aromatic rings. The minimum absolute atomic E-state index is 0.830. The van der Waals surface area contributed by atoms with Crippen molar-refractivity contribution in [3.05, 3.63) is 32.7 Å². The van der Waals surface area contributed by atoms with Crippen molar-refractivity contribution in [2.75, 3.05) is 0 Å². The van der Waals surface area contributed by atoms with Gasteiger partial charge < -0.3 is 5.84 Å². The minimum atomic E-state index is 0.830. The van der Waals surface area contributed by atoms with E-state index >= 15 is 0 Å². The van der Waals surface area contributed by atoms with Gasteiger partial charge in [-0.05, 0) is 18.6 Å². The van der Waals surface area contributed by atoms with E-state index < -0.39 is 0 Å². The van der Waals surface area contributed by atoms with E-state index in [-0.39, 0.29) is 0 Å². The average molecular weight is 306 g/mol. The van der Waals surface area contributed by atoms with Gasteiger partial charge in [0.2, 0.25) is 0 Å². The first-order valence-electron chi connectivity index (χ1n) is 3.91. The highest BCUT2D eigenvalue weighted by molar-refractivity contribution is 9.11. The molecule has 0 amide bonds. The summed E-state index contributed by atoms with van der Waals surface area (Å²) in [5, 5.41) is 3.74. The fraction of sp³-hybridized carbons (Fsp3) is 0.222. The fourth-order valence-corrected chi connectivity index (χ4v) is 2.35. The molecule has 0 atom stereocenters. The molecular weight excluding hydrogens is 296 g/mol. The lowest BCUT2D eigenvalue weighted by atomic mass is 10.1. The molecule has 4 heteroatoms. The molecule has 0 saturated heterocycles. The quantitative estimate of drug-likeness (QED) is 0.508. The molecule has 0 aliphatic carbocycles. The Morgan fingerprint density at radius 3 is 2.62 bits per heavy atom. The van der Waals surface area contributed by atoms with E-state index in [1.54, 1.807) is 0 Å². The first-order valence-corrected chi connectivity index (χ1v) is 5.49. The molecule has 0 aliphatic heterocycles. The molecule has 13 heavy (non-hydrogen) atoms. The van der Waals surface area contributed by atoms with Crippen LogP contribution >= 0.6 is 31.9 Å². The molecule has 0 fully saturated rings. The third kappa shape index (κ3) is 2.54. The largest absolute Gasteiger partial charge is 0.323 e. The van der Waals surface area contributed by atoms with Crippen LogP contribution in [0.15, 0.2) is 32.2 Å². The molecule has 0 aromatic heterocycles. The summed E-state index contributed by atoms with van der Waals surface area (Å²) < 4.78 is 2.04. The third-order valence-electron chi connectivity index (χ3n) is 1.73. The van der Waals surface area contributed by atoms with E-state index in [2.05, 4.69) is 37.0 Å². The van der Waals surface area contributed by atoms with Gasteiger partial charge in [0.25, 0.3) is 0 Å². The number of hydrazone groups is 1. The molecule has 0 unspecified atom stereocenters. The minimum Gasteiger partial charge on any atom is -0.323 e. The van der Waals surface area contributed by atoms with Crippen molar-refractivity contribution >= 4 is 37.6 Å². The molecule has 1 aromatic carbocycles. The number of benzene rings is 1. The molecule has 0 heterocycles. The first kappa shape index (κ1) is 10.7. The number of rotatable bonds is 2. The molecule has 0 radical (unpaired) electrons. The van der Waals surface area contributed by atoms with Crippen LogP contribution in [0, 0.1) is 0 Å². The summed E-state index contributed by atoms with van der Waals surface area (Å²) in [6, 6.07) is 5.94. The van der Waals surface area contributed by atoms with Gasteiger partial charge in [0.05, 0.1) is 5.71 Å². The predicted octanol–water partition coefficient (Wildman–Crippen LogP) is 3.28. The summed E-state index contributed by atoms with van der Waals surface area (Å²) in [4.78, 5) is 0. The summed E-state index contributed by atoms with van der Waals surface area (Å²) >= 11 is 6.85. The van der Waals surface area contributed by atoms with Crippen LogP contribution < -0.4 is 5.84 Å². The number of halogens is 2. The van der Waals surface area contributed by atoms with Crippen molar-refractivity contribution in [1.82, 2.24) is 0 Å². The number of nitrogens with two attached hydrogens (primary N) is 1. The fourth-order valence-electron chi connectivity index (χ4n) is 1.07. The van der Waals surface area contributed by atoms with Crippen LogP contribution in [0.3, 0.4) is 0 Å². The SMILES string of the molecule is CCC(=NN)c1ccc(Br)cc1Br. The van der Waals surface area contributed by atoms with Crippen LogP contribution in [0.4, 0.5) is 0 Å². The van der Waals surface area contributed by atoms with Crippen molar-refractivity contribution in [2.24, 2.45) is 10.9 Å². The van der Waals surface area contributed by atoms with Gasteiger partial charge in [0.1, 0.15) is 0 Å². The summed E-state index contributed by atoms with van der Waals surface area (Å²) in [5.74, 6) is 5.28.